The lowest BCUT2D eigenvalue weighted by molar-refractivity contribution is -0.384. The molecule has 0 radical (unpaired) electrons. The largest absolute Gasteiger partial charge is 0.382 e. The average molecular weight is 277 g/mol. The number of non-ortho nitro benzene ring substituents is 1. The van der Waals surface area contributed by atoms with Crippen molar-refractivity contribution < 1.29 is 9.72 Å². The highest BCUT2D eigenvalue weighted by Crippen LogP contribution is 2.24. The maximum Gasteiger partial charge on any atom is 0.269 e. The molecule has 1 amide bonds. The van der Waals surface area contributed by atoms with Crippen molar-refractivity contribution in [1.82, 2.24) is 4.90 Å². The molecule has 2 rings (SSSR count). The van der Waals surface area contributed by atoms with Crippen LogP contribution in [0.25, 0.3) is 0 Å². The maximum atomic E-state index is 11.3. The van der Waals surface area contributed by atoms with Crippen LogP contribution in [0.3, 0.4) is 0 Å². The molecule has 0 bridgehead atoms. The zero-order valence-electron chi connectivity index (χ0n) is 11.8. The number of nitro groups is 1. The van der Waals surface area contributed by atoms with E-state index >= 15 is 0 Å². The summed E-state index contributed by atoms with van der Waals surface area (Å²) in [6, 6.07) is 5.16. The van der Waals surface area contributed by atoms with E-state index in [2.05, 4.69) is 5.32 Å². The van der Waals surface area contributed by atoms with Gasteiger partial charge in [-0.3, -0.25) is 14.9 Å². The fourth-order valence-electron chi connectivity index (χ4n) is 2.48. The summed E-state index contributed by atoms with van der Waals surface area (Å²) in [5.74, 6) is 0.120. The van der Waals surface area contributed by atoms with E-state index in [1.807, 2.05) is 11.8 Å². The molecular formula is C14H19N3O3. The van der Waals surface area contributed by atoms with Crippen molar-refractivity contribution in [3.8, 4) is 0 Å². The number of rotatable bonds is 3. The van der Waals surface area contributed by atoms with Gasteiger partial charge >= 0.3 is 0 Å². The minimum absolute atomic E-state index is 0.111. The number of hydrogen-bond acceptors (Lipinski definition) is 4. The topological polar surface area (TPSA) is 75.5 Å². The molecule has 1 aliphatic rings. The number of anilines is 1. The van der Waals surface area contributed by atoms with Gasteiger partial charge in [-0.15, -0.1) is 0 Å². The summed E-state index contributed by atoms with van der Waals surface area (Å²) in [6.45, 7) is 4.98. The van der Waals surface area contributed by atoms with Crippen LogP contribution in [-0.4, -0.2) is 34.9 Å². The van der Waals surface area contributed by atoms with E-state index in [-0.39, 0.29) is 16.5 Å². The fourth-order valence-corrected chi connectivity index (χ4v) is 2.48. The SMILES string of the molecule is CC(=O)N1CCC(Nc2ccc([N+](=O)[O-])cc2C)CC1. The number of carbonyl (C=O) groups excluding carboxylic acids is 1. The van der Waals surface area contributed by atoms with Crippen LogP contribution in [0.5, 0.6) is 0 Å². The summed E-state index contributed by atoms with van der Waals surface area (Å²) in [4.78, 5) is 23.4. The first-order valence-corrected chi connectivity index (χ1v) is 6.74. The Hall–Kier alpha value is -2.11. The lowest BCUT2D eigenvalue weighted by Gasteiger charge is -2.32. The number of hydrogen-bond donors (Lipinski definition) is 1. The van der Waals surface area contributed by atoms with Crippen LogP contribution in [0, 0.1) is 17.0 Å². The number of benzene rings is 1. The minimum Gasteiger partial charge on any atom is -0.382 e. The van der Waals surface area contributed by atoms with E-state index in [0.717, 1.165) is 37.2 Å². The van der Waals surface area contributed by atoms with E-state index in [0.29, 0.717) is 6.04 Å². The Labute approximate surface area is 117 Å². The van der Waals surface area contributed by atoms with E-state index in [4.69, 9.17) is 0 Å². The molecule has 0 aromatic heterocycles. The molecule has 108 valence electrons. The highest BCUT2D eigenvalue weighted by atomic mass is 16.6. The predicted molar refractivity (Wildman–Crippen MR) is 76.7 cm³/mol. The van der Waals surface area contributed by atoms with Gasteiger partial charge in [-0.1, -0.05) is 0 Å². The Bertz CT molecular complexity index is 522. The molecule has 1 heterocycles. The molecule has 0 unspecified atom stereocenters. The van der Waals surface area contributed by atoms with Gasteiger partial charge in [0.15, 0.2) is 0 Å². The second kappa shape index (κ2) is 5.90. The third kappa shape index (κ3) is 3.26. The molecule has 0 aliphatic carbocycles. The Morgan fingerprint density at radius 3 is 2.55 bits per heavy atom. The Morgan fingerprint density at radius 2 is 2.05 bits per heavy atom. The Morgan fingerprint density at radius 1 is 1.40 bits per heavy atom. The van der Waals surface area contributed by atoms with Crippen molar-refractivity contribution in [2.24, 2.45) is 0 Å². The predicted octanol–water partition coefficient (Wildman–Crippen LogP) is 2.33. The molecule has 0 atom stereocenters. The second-order valence-electron chi connectivity index (χ2n) is 5.18. The molecule has 0 saturated carbocycles. The van der Waals surface area contributed by atoms with Crippen molar-refractivity contribution in [3.63, 3.8) is 0 Å². The van der Waals surface area contributed by atoms with Crippen LogP contribution < -0.4 is 5.32 Å². The van der Waals surface area contributed by atoms with Gasteiger partial charge in [-0.05, 0) is 31.4 Å². The van der Waals surface area contributed by atoms with E-state index < -0.39 is 0 Å². The summed E-state index contributed by atoms with van der Waals surface area (Å²) < 4.78 is 0. The molecule has 1 saturated heterocycles. The van der Waals surface area contributed by atoms with Crippen LogP contribution in [-0.2, 0) is 4.79 Å². The normalized spacial score (nSPS) is 16.0. The number of piperidine rings is 1. The van der Waals surface area contributed by atoms with Crippen LogP contribution in [0.15, 0.2) is 18.2 Å². The molecule has 1 aromatic carbocycles. The summed E-state index contributed by atoms with van der Waals surface area (Å²) in [7, 11) is 0. The number of nitro benzene ring substituents is 1. The summed E-state index contributed by atoms with van der Waals surface area (Å²) in [5.41, 5.74) is 1.91. The first-order valence-electron chi connectivity index (χ1n) is 6.74. The minimum atomic E-state index is -0.387. The molecule has 20 heavy (non-hydrogen) atoms. The smallest absolute Gasteiger partial charge is 0.269 e. The van der Waals surface area contributed by atoms with Crippen molar-refractivity contribution in [2.75, 3.05) is 18.4 Å². The standard InChI is InChI=1S/C14H19N3O3/c1-10-9-13(17(19)20)3-4-14(10)15-12-5-7-16(8-6-12)11(2)18/h3-4,9,12,15H,5-8H2,1-2H3. The first-order chi connectivity index (χ1) is 9.47. The van der Waals surface area contributed by atoms with Crippen molar-refractivity contribution >= 4 is 17.3 Å². The van der Waals surface area contributed by atoms with Gasteiger partial charge in [-0.25, -0.2) is 0 Å². The summed E-state index contributed by atoms with van der Waals surface area (Å²) >= 11 is 0. The zero-order chi connectivity index (χ0) is 14.7. The molecule has 0 spiro atoms. The van der Waals surface area contributed by atoms with Gasteiger partial charge in [0.25, 0.3) is 5.69 Å². The van der Waals surface area contributed by atoms with Crippen LogP contribution in [0.2, 0.25) is 0 Å². The van der Waals surface area contributed by atoms with Crippen LogP contribution >= 0.6 is 0 Å². The number of carbonyl (C=O) groups is 1. The van der Waals surface area contributed by atoms with Gasteiger partial charge in [0.05, 0.1) is 4.92 Å². The third-order valence-corrected chi connectivity index (χ3v) is 3.72. The van der Waals surface area contributed by atoms with E-state index in [9.17, 15) is 14.9 Å². The molecule has 1 N–H and O–H groups in total. The highest BCUT2D eigenvalue weighted by Gasteiger charge is 2.21. The number of nitrogens with zero attached hydrogens (tertiary/aromatic N) is 2. The van der Waals surface area contributed by atoms with Gasteiger partial charge in [0.1, 0.15) is 0 Å². The average Bonchev–Trinajstić information content (AvgIpc) is 2.41. The maximum absolute atomic E-state index is 11.3. The van der Waals surface area contributed by atoms with Gasteiger partial charge in [-0.2, -0.15) is 0 Å². The second-order valence-corrected chi connectivity index (χ2v) is 5.18. The molecule has 6 nitrogen and oxygen atoms in total. The zero-order valence-corrected chi connectivity index (χ0v) is 11.8. The lowest BCUT2D eigenvalue weighted by atomic mass is 10.0. The number of aryl methyl sites for hydroxylation is 1. The summed E-state index contributed by atoms with van der Waals surface area (Å²) in [6.07, 6.45) is 1.80. The first kappa shape index (κ1) is 14.3. The number of nitrogens with one attached hydrogen (secondary N) is 1. The Balaban J connectivity index is 1.98. The quantitative estimate of drug-likeness (QED) is 0.679. The van der Waals surface area contributed by atoms with Gasteiger partial charge in [0.2, 0.25) is 5.91 Å². The Kier molecular flexibility index (Phi) is 4.22. The highest BCUT2D eigenvalue weighted by molar-refractivity contribution is 5.73. The molecule has 6 heteroatoms. The number of likely N-dealkylation sites (tertiary alicyclic amines) is 1. The molecule has 1 aromatic rings. The fraction of sp³-hybridized carbons (Fsp3) is 0.500. The van der Waals surface area contributed by atoms with Crippen LogP contribution in [0.4, 0.5) is 11.4 Å². The van der Waals surface area contributed by atoms with Crippen molar-refractivity contribution in [3.05, 3.63) is 33.9 Å². The molecule has 1 aliphatic heterocycles. The molecule has 1 fully saturated rings. The van der Waals surface area contributed by atoms with E-state index in [1.165, 1.54) is 6.07 Å². The third-order valence-electron chi connectivity index (χ3n) is 3.72. The van der Waals surface area contributed by atoms with Crippen molar-refractivity contribution in [2.45, 2.75) is 32.7 Å². The van der Waals surface area contributed by atoms with Crippen LogP contribution in [0.1, 0.15) is 25.3 Å². The summed E-state index contributed by atoms with van der Waals surface area (Å²) in [5, 5.41) is 14.1. The van der Waals surface area contributed by atoms with Gasteiger partial charge < -0.3 is 10.2 Å². The van der Waals surface area contributed by atoms with Crippen molar-refractivity contribution in [1.29, 1.82) is 0 Å². The monoisotopic (exact) mass is 277 g/mol. The van der Waals surface area contributed by atoms with Gasteiger partial charge in [0, 0.05) is 43.9 Å². The van der Waals surface area contributed by atoms with E-state index in [1.54, 1.807) is 19.1 Å². The number of amides is 1. The molecular weight excluding hydrogens is 258 g/mol. The lowest BCUT2D eigenvalue weighted by Crippen LogP contribution is -2.41.